The highest BCUT2D eigenvalue weighted by Gasteiger charge is 2.14. The summed E-state index contributed by atoms with van der Waals surface area (Å²) in [6.07, 6.45) is 0.336. The van der Waals surface area contributed by atoms with E-state index >= 15 is 0 Å². The molecule has 0 atom stereocenters. The number of amides is 1. The number of carbonyl (C=O) groups is 1. The maximum Gasteiger partial charge on any atom is 0.261 e. The molecule has 156 valence electrons. The molecule has 3 aromatic rings. The van der Waals surface area contributed by atoms with Gasteiger partial charge in [0.2, 0.25) is 5.91 Å². The van der Waals surface area contributed by atoms with E-state index in [1.54, 1.807) is 36.0 Å². The molecule has 3 rings (SSSR count). The van der Waals surface area contributed by atoms with Crippen molar-refractivity contribution >= 4 is 50.7 Å². The summed E-state index contributed by atoms with van der Waals surface area (Å²) in [5.74, 6) is 0.491. The van der Waals surface area contributed by atoms with Crippen LogP contribution in [0.5, 0.6) is 0 Å². The van der Waals surface area contributed by atoms with Crippen LogP contribution in [0.1, 0.15) is 12.0 Å². The van der Waals surface area contributed by atoms with E-state index in [0.29, 0.717) is 28.6 Å². The zero-order valence-electron chi connectivity index (χ0n) is 16.3. The summed E-state index contributed by atoms with van der Waals surface area (Å²) in [4.78, 5) is 13.3. The van der Waals surface area contributed by atoms with Crippen molar-refractivity contribution in [3.8, 4) is 0 Å². The number of anilines is 2. The molecule has 0 radical (unpaired) electrons. The number of nitrogens with one attached hydrogen (secondary N) is 2. The molecule has 0 bridgehead atoms. The molecule has 2 N–H and O–H groups in total. The summed E-state index contributed by atoms with van der Waals surface area (Å²) >= 11 is 7.43. The number of aryl methyl sites for hydroxylation is 1. The van der Waals surface area contributed by atoms with Crippen LogP contribution < -0.4 is 10.0 Å². The smallest absolute Gasteiger partial charge is 0.261 e. The summed E-state index contributed by atoms with van der Waals surface area (Å²) < 4.78 is 27.6. The average molecular weight is 461 g/mol. The van der Waals surface area contributed by atoms with Gasteiger partial charge in [0.25, 0.3) is 10.0 Å². The highest BCUT2D eigenvalue weighted by atomic mass is 35.5. The highest BCUT2D eigenvalue weighted by molar-refractivity contribution is 7.99. The van der Waals surface area contributed by atoms with Crippen molar-refractivity contribution in [2.45, 2.75) is 23.1 Å². The van der Waals surface area contributed by atoms with E-state index < -0.39 is 10.0 Å². The molecular formula is C22H21ClN2O3S2. The van der Waals surface area contributed by atoms with Crippen LogP contribution >= 0.6 is 23.4 Å². The summed E-state index contributed by atoms with van der Waals surface area (Å²) in [5.41, 5.74) is 2.09. The summed E-state index contributed by atoms with van der Waals surface area (Å²) in [7, 11) is -3.69. The second-order valence-electron chi connectivity index (χ2n) is 6.60. The lowest BCUT2D eigenvalue weighted by Crippen LogP contribution is -2.14. The third-order valence-corrected chi connectivity index (χ3v) is 6.83. The van der Waals surface area contributed by atoms with Gasteiger partial charge in [0, 0.05) is 33.5 Å². The molecule has 5 nitrogen and oxygen atoms in total. The first kappa shape index (κ1) is 22.2. The van der Waals surface area contributed by atoms with Gasteiger partial charge in [-0.15, -0.1) is 11.8 Å². The molecule has 0 aliphatic rings. The van der Waals surface area contributed by atoms with E-state index in [1.807, 2.05) is 43.3 Å². The van der Waals surface area contributed by atoms with Crippen LogP contribution in [0.3, 0.4) is 0 Å². The Labute approximate surface area is 185 Å². The molecule has 0 aliphatic heterocycles. The summed E-state index contributed by atoms with van der Waals surface area (Å²) in [6.45, 7) is 1.93. The number of benzene rings is 3. The van der Waals surface area contributed by atoms with Crippen LogP contribution in [-0.2, 0) is 14.8 Å². The van der Waals surface area contributed by atoms with Gasteiger partial charge in [0.1, 0.15) is 0 Å². The van der Waals surface area contributed by atoms with Gasteiger partial charge in [-0.25, -0.2) is 8.42 Å². The van der Waals surface area contributed by atoms with E-state index in [1.165, 1.54) is 12.1 Å². The van der Waals surface area contributed by atoms with Crippen LogP contribution in [-0.4, -0.2) is 20.1 Å². The fourth-order valence-electron chi connectivity index (χ4n) is 2.57. The zero-order chi connectivity index (χ0) is 21.6. The number of halogens is 1. The number of rotatable bonds is 8. The number of hydrogen-bond acceptors (Lipinski definition) is 4. The monoisotopic (exact) mass is 460 g/mol. The van der Waals surface area contributed by atoms with Crippen molar-refractivity contribution in [2.75, 3.05) is 15.8 Å². The van der Waals surface area contributed by atoms with E-state index in [9.17, 15) is 13.2 Å². The van der Waals surface area contributed by atoms with Crippen LogP contribution in [0.15, 0.2) is 82.6 Å². The summed E-state index contributed by atoms with van der Waals surface area (Å²) in [5, 5.41) is 3.46. The molecule has 30 heavy (non-hydrogen) atoms. The fourth-order valence-corrected chi connectivity index (χ4v) is 4.61. The molecule has 0 unspecified atom stereocenters. The number of sulfonamides is 1. The number of carbonyl (C=O) groups excluding carboxylic acids is 1. The molecule has 0 aliphatic carbocycles. The Morgan fingerprint density at radius 2 is 1.50 bits per heavy atom. The van der Waals surface area contributed by atoms with E-state index in [-0.39, 0.29) is 10.8 Å². The molecule has 0 aromatic heterocycles. The van der Waals surface area contributed by atoms with Crippen molar-refractivity contribution in [3.63, 3.8) is 0 Å². The molecule has 8 heteroatoms. The lowest BCUT2D eigenvalue weighted by molar-refractivity contribution is -0.115. The molecular weight excluding hydrogens is 440 g/mol. The van der Waals surface area contributed by atoms with E-state index in [4.69, 9.17) is 11.6 Å². The van der Waals surface area contributed by atoms with E-state index in [0.717, 1.165) is 10.5 Å². The molecule has 0 saturated carbocycles. The first-order valence-electron chi connectivity index (χ1n) is 9.20. The minimum absolute atomic E-state index is 0.124. The predicted octanol–water partition coefficient (Wildman–Crippen LogP) is 5.57. The zero-order valence-corrected chi connectivity index (χ0v) is 18.7. The van der Waals surface area contributed by atoms with Gasteiger partial charge in [0.15, 0.2) is 0 Å². The van der Waals surface area contributed by atoms with Gasteiger partial charge in [-0.05, 0) is 67.6 Å². The standard InChI is InChI=1S/C22H21ClN2O3S2/c1-16-2-6-19(7-3-16)25-30(27,28)21-12-8-18(9-13-21)24-22(26)14-15-29-20-10-4-17(23)5-11-20/h2-13,25H,14-15H2,1H3,(H,24,26). The Morgan fingerprint density at radius 1 is 0.900 bits per heavy atom. The van der Waals surface area contributed by atoms with Gasteiger partial charge in [0.05, 0.1) is 4.90 Å². The first-order valence-corrected chi connectivity index (χ1v) is 12.0. The van der Waals surface area contributed by atoms with Crippen molar-refractivity contribution < 1.29 is 13.2 Å². The topological polar surface area (TPSA) is 75.3 Å². The number of thioether (sulfide) groups is 1. The molecule has 0 fully saturated rings. The maximum absolute atomic E-state index is 12.5. The number of hydrogen-bond donors (Lipinski definition) is 2. The van der Waals surface area contributed by atoms with Crippen LogP contribution in [0, 0.1) is 6.92 Å². The van der Waals surface area contributed by atoms with Crippen molar-refractivity contribution in [2.24, 2.45) is 0 Å². The van der Waals surface area contributed by atoms with Gasteiger partial charge in [-0.3, -0.25) is 9.52 Å². The van der Waals surface area contributed by atoms with Crippen molar-refractivity contribution in [1.29, 1.82) is 0 Å². The Hall–Kier alpha value is -2.48. The van der Waals surface area contributed by atoms with Gasteiger partial charge in [-0.2, -0.15) is 0 Å². The Bertz CT molecular complexity index is 1100. The van der Waals surface area contributed by atoms with Gasteiger partial charge < -0.3 is 5.32 Å². The Balaban J connectivity index is 1.52. The van der Waals surface area contributed by atoms with Gasteiger partial charge >= 0.3 is 0 Å². The fraction of sp³-hybridized carbons (Fsp3) is 0.136. The Morgan fingerprint density at radius 3 is 2.13 bits per heavy atom. The molecule has 0 heterocycles. The first-order chi connectivity index (χ1) is 14.3. The lowest BCUT2D eigenvalue weighted by Gasteiger charge is -2.10. The summed E-state index contributed by atoms with van der Waals surface area (Å²) in [6, 6.07) is 20.6. The quantitative estimate of drug-likeness (QED) is 0.431. The largest absolute Gasteiger partial charge is 0.326 e. The van der Waals surface area contributed by atoms with E-state index in [2.05, 4.69) is 10.0 Å². The van der Waals surface area contributed by atoms with Crippen LogP contribution in [0.4, 0.5) is 11.4 Å². The third-order valence-electron chi connectivity index (χ3n) is 4.16. The van der Waals surface area contributed by atoms with Crippen LogP contribution in [0.2, 0.25) is 5.02 Å². The molecule has 3 aromatic carbocycles. The highest BCUT2D eigenvalue weighted by Crippen LogP contribution is 2.22. The minimum atomic E-state index is -3.69. The second-order valence-corrected chi connectivity index (χ2v) is 9.88. The van der Waals surface area contributed by atoms with Crippen LogP contribution in [0.25, 0.3) is 0 Å². The molecule has 0 saturated heterocycles. The second kappa shape index (κ2) is 10.0. The van der Waals surface area contributed by atoms with Crippen molar-refractivity contribution in [1.82, 2.24) is 0 Å². The van der Waals surface area contributed by atoms with Gasteiger partial charge in [-0.1, -0.05) is 29.3 Å². The predicted molar refractivity (Wildman–Crippen MR) is 124 cm³/mol. The lowest BCUT2D eigenvalue weighted by atomic mass is 10.2. The molecule has 1 amide bonds. The SMILES string of the molecule is Cc1ccc(NS(=O)(=O)c2ccc(NC(=O)CCSc3ccc(Cl)cc3)cc2)cc1. The maximum atomic E-state index is 12.5. The Kier molecular flexibility index (Phi) is 7.42. The minimum Gasteiger partial charge on any atom is -0.326 e. The normalized spacial score (nSPS) is 11.1. The average Bonchev–Trinajstić information content (AvgIpc) is 2.71. The molecule has 0 spiro atoms. The van der Waals surface area contributed by atoms with Crippen molar-refractivity contribution in [3.05, 3.63) is 83.4 Å². The third kappa shape index (κ3) is 6.52.